The van der Waals surface area contributed by atoms with Gasteiger partial charge in [0.15, 0.2) is 5.65 Å². The van der Waals surface area contributed by atoms with Crippen LogP contribution >= 0.6 is 11.6 Å². The number of halogens is 1. The Balaban J connectivity index is 1.42. The number of nitrogens with one attached hydrogen (secondary N) is 3. The zero-order valence-corrected chi connectivity index (χ0v) is 22.1. The predicted octanol–water partition coefficient (Wildman–Crippen LogP) is 5.29. The third kappa shape index (κ3) is 6.07. The zero-order valence-electron chi connectivity index (χ0n) is 21.3. The van der Waals surface area contributed by atoms with Crippen molar-refractivity contribution < 1.29 is 14.3 Å². The molecule has 2 aliphatic rings. The van der Waals surface area contributed by atoms with E-state index in [-0.39, 0.29) is 17.7 Å². The summed E-state index contributed by atoms with van der Waals surface area (Å²) in [5, 5.41) is 10.5. The van der Waals surface area contributed by atoms with Crippen molar-refractivity contribution in [3.8, 4) is 0 Å². The summed E-state index contributed by atoms with van der Waals surface area (Å²) in [4.78, 5) is 25.9. The van der Waals surface area contributed by atoms with E-state index >= 15 is 0 Å². The molecule has 1 saturated heterocycles. The van der Waals surface area contributed by atoms with Gasteiger partial charge in [-0.2, -0.15) is 4.98 Å². The van der Waals surface area contributed by atoms with Crippen molar-refractivity contribution in [1.29, 1.82) is 0 Å². The number of rotatable bonds is 7. The van der Waals surface area contributed by atoms with Gasteiger partial charge in [0.05, 0.1) is 13.3 Å². The van der Waals surface area contributed by atoms with Gasteiger partial charge in [-0.1, -0.05) is 17.7 Å². The molecule has 37 heavy (non-hydrogen) atoms. The molecule has 3 aromatic rings. The minimum Gasteiger partial charge on any atom is -0.453 e. The maximum atomic E-state index is 11.5. The van der Waals surface area contributed by atoms with E-state index in [1.807, 2.05) is 24.3 Å². The Morgan fingerprint density at radius 2 is 2.00 bits per heavy atom. The lowest BCUT2D eigenvalue weighted by Gasteiger charge is -2.34. The van der Waals surface area contributed by atoms with E-state index in [4.69, 9.17) is 31.0 Å². The number of anilines is 3. The SMILES string of the molecule is COC(=O)NC[C@H]1CC[C@@H](n2c(Nc3cccc(Cl)c3)nc3cnc(NC4(C)CCOCC4)nc32)CC1. The summed E-state index contributed by atoms with van der Waals surface area (Å²) < 4.78 is 12.5. The van der Waals surface area contributed by atoms with Crippen molar-refractivity contribution in [1.82, 2.24) is 24.8 Å². The first-order chi connectivity index (χ1) is 17.9. The van der Waals surface area contributed by atoms with Crippen LogP contribution in [0.5, 0.6) is 0 Å². The van der Waals surface area contributed by atoms with Crippen LogP contribution in [0.15, 0.2) is 30.5 Å². The van der Waals surface area contributed by atoms with Crippen LogP contribution in [0.2, 0.25) is 5.02 Å². The van der Waals surface area contributed by atoms with Gasteiger partial charge >= 0.3 is 6.09 Å². The Bertz CT molecular complexity index is 1240. The van der Waals surface area contributed by atoms with Crippen LogP contribution in [0.1, 0.15) is 51.5 Å². The number of fused-ring (bicyclic) bond motifs is 1. The number of ether oxygens (including phenoxy) is 2. The number of imidazole rings is 1. The summed E-state index contributed by atoms with van der Waals surface area (Å²) in [5.74, 6) is 1.73. The monoisotopic (exact) mass is 527 g/mol. The highest BCUT2D eigenvalue weighted by Crippen LogP contribution is 2.37. The Labute approximate surface area is 221 Å². The fourth-order valence-electron chi connectivity index (χ4n) is 5.20. The average Bonchev–Trinajstić information content (AvgIpc) is 3.24. The van der Waals surface area contributed by atoms with Crippen molar-refractivity contribution in [3.63, 3.8) is 0 Å². The van der Waals surface area contributed by atoms with Crippen LogP contribution in [0.25, 0.3) is 11.2 Å². The van der Waals surface area contributed by atoms with Crippen LogP contribution in [-0.2, 0) is 9.47 Å². The number of benzene rings is 1. The summed E-state index contributed by atoms with van der Waals surface area (Å²) in [6.07, 6.45) is 7.08. The molecule has 5 rings (SSSR count). The second kappa shape index (κ2) is 11.1. The van der Waals surface area contributed by atoms with Crippen LogP contribution in [0.4, 0.5) is 22.4 Å². The van der Waals surface area contributed by atoms with Gasteiger partial charge < -0.3 is 25.4 Å². The Morgan fingerprint density at radius 3 is 2.73 bits per heavy atom. The third-order valence-electron chi connectivity index (χ3n) is 7.43. The number of hydrogen-bond acceptors (Lipinski definition) is 8. The molecular formula is C26H34ClN7O3. The maximum Gasteiger partial charge on any atom is 0.406 e. The zero-order chi connectivity index (χ0) is 25.8. The highest BCUT2D eigenvalue weighted by atomic mass is 35.5. The summed E-state index contributed by atoms with van der Waals surface area (Å²) in [5.41, 5.74) is 2.29. The smallest absolute Gasteiger partial charge is 0.406 e. The molecule has 0 bridgehead atoms. The highest BCUT2D eigenvalue weighted by Gasteiger charge is 2.30. The number of carbonyl (C=O) groups excluding carboxylic acids is 1. The molecule has 11 heteroatoms. The van der Waals surface area contributed by atoms with Gasteiger partial charge in [0.1, 0.15) is 5.52 Å². The molecule has 10 nitrogen and oxygen atoms in total. The lowest BCUT2D eigenvalue weighted by Crippen LogP contribution is -2.41. The molecule has 1 saturated carbocycles. The van der Waals surface area contributed by atoms with Crippen molar-refractivity contribution in [2.24, 2.45) is 5.92 Å². The molecule has 0 radical (unpaired) electrons. The molecule has 1 aliphatic heterocycles. The predicted molar refractivity (Wildman–Crippen MR) is 144 cm³/mol. The maximum absolute atomic E-state index is 11.5. The van der Waals surface area contributed by atoms with E-state index in [1.165, 1.54) is 7.11 Å². The standard InChI is InChI=1S/C26H34ClN7O3/c1-26(10-12-37-13-11-26)33-23-28-16-21-22(32-23)34(24(31-21)30-19-5-3-4-18(27)14-19)20-8-6-17(7-9-20)15-29-25(35)36-2/h3-5,14,16-17,20H,6-13,15H2,1-2H3,(H,29,35)(H,30,31)(H,28,32,33)/t17-,20+. The number of carbonyl (C=O) groups is 1. The molecular weight excluding hydrogens is 494 g/mol. The summed E-state index contributed by atoms with van der Waals surface area (Å²) in [6, 6.07) is 7.82. The lowest BCUT2D eigenvalue weighted by atomic mass is 9.86. The van der Waals surface area contributed by atoms with Gasteiger partial charge in [-0.25, -0.2) is 14.8 Å². The largest absolute Gasteiger partial charge is 0.453 e. The number of alkyl carbamates (subject to hydrolysis) is 1. The van der Waals surface area contributed by atoms with Gasteiger partial charge in [0.25, 0.3) is 0 Å². The quantitative estimate of drug-likeness (QED) is 0.379. The number of methoxy groups -OCH3 is 1. The van der Waals surface area contributed by atoms with Crippen molar-refractivity contribution in [2.45, 2.75) is 57.0 Å². The number of nitrogens with zero attached hydrogens (tertiary/aromatic N) is 4. The van der Waals surface area contributed by atoms with Gasteiger partial charge in [0.2, 0.25) is 11.9 Å². The Hall–Kier alpha value is -3.11. The molecule has 0 atom stereocenters. The Kier molecular flexibility index (Phi) is 7.66. The first kappa shape index (κ1) is 25.5. The van der Waals surface area contributed by atoms with E-state index in [0.29, 0.717) is 23.4 Å². The van der Waals surface area contributed by atoms with E-state index in [0.717, 1.165) is 74.5 Å². The van der Waals surface area contributed by atoms with E-state index in [1.54, 1.807) is 6.20 Å². The average molecular weight is 528 g/mol. The van der Waals surface area contributed by atoms with Gasteiger partial charge in [-0.3, -0.25) is 4.57 Å². The molecule has 3 N–H and O–H groups in total. The number of aromatic nitrogens is 4. The first-order valence-electron chi connectivity index (χ1n) is 12.9. The topological polar surface area (TPSA) is 115 Å². The molecule has 1 aliphatic carbocycles. The second-order valence-corrected chi connectivity index (χ2v) is 10.6. The van der Waals surface area contributed by atoms with Gasteiger partial charge in [0, 0.05) is 42.0 Å². The molecule has 0 unspecified atom stereocenters. The molecule has 2 aromatic heterocycles. The minimum absolute atomic E-state index is 0.108. The summed E-state index contributed by atoms with van der Waals surface area (Å²) >= 11 is 6.24. The van der Waals surface area contributed by atoms with Crippen LogP contribution in [0.3, 0.4) is 0 Å². The van der Waals surface area contributed by atoms with E-state index in [2.05, 4.69) is 32.4 Å². The first-order valence-corrected chi connectivity index (χ1v) is 13.3. The van der Waals surface area contributed by atoms with Crippen molar-refractivity contribution >= 4 is 46.4 Å². The van der Waals surface area contributed by atoms with Gasteiger partial charge in [-0.05, 0) is 69.6 Å². The van der Waals surface area contributed by atoms with Gasteiger partial charge in [-0.15, -0.1) is 0 Å². The van der Waals surface area contributed by atoms with Crippen molar-refractivity contribution in [3.05, 3.63) is 35.5 Å². The van der Waals surface area contributed by atoms with Crippen molar-refractivity contribution in [2.75, 3.05) is 37.5 Å². The molecule has 2 fully saturated rings. The Morgan fingerprint density at radius 1 is 1.22 bits per heavy atom. The number of amides is 1. The second-order valence-electron chi connectivity index (χ2n) is 10.2. The van der Waals surface area contributed by atoms with Crippen LogP contribution < -0.4 is 16.0 Å². The van der Waals surface area contributed by atoms with E-state index in [9.17, 15) is 4.79 Å². The minimum atomic E-state index is -0.384. The molecule has 198 valence electrons. The molecule has 0 spiro atoms. The normalized spacial score (nSPS) is 21.4. The number of hydrogen-bond donors (Lipinski definition) is 3. The van der Waals surface area contributed by atoms with E-state index < -0.39 is 0 Å². The fraction of sp³-hybridized carbons (Fsp3) is 0.538. The summed E-state index contributed by atoms with van der Waals surface area (Å²) in [7, 11) is 1.39. The lowest BCUT2D eigenvalue weighted by molar-refractivity contribution is 0.0656. The molecule has 3 heterocycles. The molecule has 1 amide bonds. The summed E-state index contributed by atoms with van der Waals surface area (Å²) in [6.45, 7) is 4.27. The molecule has 1 aromatic carbocycles. The highest BCUT2D eigenvalue weighted by molar-refractivity contribution is 6.30. The van der Waals surface area contributed by atoms with Crippen LogP contribution in [-0.4, -0.2) is 58.0 Å². The third-order valence-corrected chi connectivity index (χ3v) is 7.66. The van der Waals surface area contributed by atoms with Crippen LogP contribution in [0, 0.1) is 5.92 Å². The fourth-order valence-corrected chi connectivity index (χ4v) is 5.39.